The molecule has 23 heavy (non-hydrogen) atoms. The molecular formula is C16H26Cl2N2O3. The zero-order valence-electron chi connectivity index (χ0n) is 13.8. The van der Waals surface area contributed by atoms with Gasteiger partial charge in [0.25, 0.3) is 0 Å². The van der Waals surface area contributed by atoms with Gasteiger partial charge in [-0.1, -0.05) is 6.08 Å². The number of halogens is 2. The molecule has 2 rings (SSSR count). The number of hydrogen-bond acceptors (Lipinski definition) is 5. The van der Waals surface area contributed by atoms with Gasteiger partial charge in [-0.25, -0.2) is 0 Å². The average Bonchev–Trinajstić information content (AvgIpc) is 2.55. The average molecular weight is 365 g/mol. The van der Waals surface area contributed by atoms with Gasteiger partial charge in [0, 0.05) is 31.7 Å². The predicted octanol–water partition coefficient (Wildman–Crippen LogP) is 2.69. The lowest BCUT2D eigenvalue weighted by Gasteiger charge is -2.34. The number of piperazine rings is 1. The molecule has 132 valence electrons. The highest BCUT2D eigenvalue weighted by atomic mass is 35.5. The molecule has 0 amide bonds. The Morgan fingerprint density at radius 3 is 2.13 bits per heavy atom. The van der Waals surface area contributed by atoms with Crippen LogP contribution < -0.4 is 19.5 Å². The molecule has 0 bridgehead atoms. The Balaban J connectivity index is 0.00000242. The zero-order chi connectivity index (χ0) is 15.2. The second-order valence-corrected chi connectivity index (χ2v) is 4.89. The number of methoxy groups -OCH3 is 3. The minimum atomic E-state index is 0. The van der Waals surface area contributed by atoms with Crippen molar-refractivity contribution in [3.05, 3.63) is 30.4 Å². The zero-order valence-corrected chi connectivity index (χ0v) is 15.5. The second kappa shape index (κ2) is 10.6. The first-order valence-corrected chi connectivity index (χ1v) is 7.13. The van der Waals surface area contributed by atoms with Crippen molar-refractivity contribution in [3.8, 4) is 17.2 Å². The number of ether oxygens (including phenoxy) is 3. The minimum absolute atomic E-state index is 0. The van der Waals surface area contributed by atoms with E-state index in [1.165, 1.54) is 0 Å². The first-order chi connectivity index (χ1) is 10.3. The molecule has 0 spiro atoms. The summed E-state index contributed by atoms with van der Waals surface area (Å²) in [4.78, 5) is 2.38. The lowest BCUT2D eigenvalue weighted by molar-refractivity contribution is 0.199. The van der Waals surface area contributed by atoms with Crippen molar-refractivity contribution in [2.24, 2.45) is 0 Å². The summed E-state index contributed by atoms with van der Waals surface area (Å²) in [5.41, 5.74) is 1.05. The molecule has 1 saturated heterocycles. The fraction of sp³-hybridized carbons (Fsp3) is 0.500. The summed E-state index contributed by atoms with van der Waals surface area (Å²) in [5.74, 6) is 2.00. The van der Waals surface area contributed by atoms with Gasteiger partial charge in [-0.3, -0.25) is 4.90 Å². The van der Waals surface area contributed by atoms with Crippen LogP contribution in [0.25, 0.3) is 0 Å². The first-order valence-electron chi connectivity index (χ1n) is 7.13. The highest BCUT2D eigenvalue weighted by Gasteiger charge is 2.25. The van der Waals surface area contributed by atoms with Crippen LogP contribution in [0.2, 0.25) is 0 Å². The van der Waals surface area contributed by atoms with Gasteiger partial charge in [-0.15, -0.1) is 31.4 Å². The summed E-state index contributed by atoms with van der Waals surface area (Å²) in [7, 11) is 4.90. The van der Waals surface area contributed by atoms with Crippen LogP contribution >= 0.6 is 24.8 Å². The van der Waals surface area contributed by atoms with Crippen molar-refractivity contribution in [2.75, 3.05) is 47.5 Å². The van der Waals surface area contributed by atoms with Crippen LogP contribution in [0, 0.1) is 0 Å². The summed E-state index contributed by atoms with van der Waals surface area (Å²) < 4.78 is 16.4. The van der Waals surface area contributed by atoms with Gasteiger partial charge in [-0.05, 0) is 12.1 Å². The van der Waals surface area contributed by atoms with Crippen LogP contribution in [0.1, 0.15) is 11.6 Å². The number of hydrogen-bond donors (Lipinski definition) is 1. The third kappa shape index (κ3) is 4.67. The largest absolute Gasteiger partial charge is 0.493 e. The third-order valence-corrected chi connectivity index (χ3v) is 3.82. The van der Waals surface area contributed by atoms with E-state index in [1.54, 1.807) is 21.3 Å². The van der Waals surface area contributed by atoms with Gasteiger partial charge in [0.15, 0.2) is 11.5 Å². The van der Waals surface area contributed by atoms with Gasteiger partial charge in [0.2, 0.25) is 5.75 Å². The van der Waals surface area contributed by atoms with E-state index in [2.05, 4.69) is 16.8 Å². The normalized spacial score (nSPS) is 15.6. The van der Waals surface area contributed by atoms with E-state index in [9.17, 15) is 0 Å². The smallest absolute Gasteiger partial charge is 0.203 e. The van der Waals surface area contributed by atoms with Crippen LogP contribution in [0.4, 0.5) is 0 Å². The predicted molar refractivity (Wildman–Crippen MR) is 98.0 cm³/mol. The van der Waals surface area contributed by atoms with E-state index >= 15 is 0 Å². The van der Waals surface area contributed by atoms with Gasteiger partial charge >= 0.3 is 0 Å². The number of rotatable bonds is 6. The molecule has 7 heteroatoms. The van der Waals surface area contributed by atoms with Crippen molar-refractivity contribution in [3.63, 3.8) is 0 Å². The van der Waals surface area contributed by atoms with Crippen molar-refractivity contribution < 1.29 is 14.2 Å². The number of nitrogens with zero attached hydrogens (tertiary/aromatic N) is 1. The lowest BCUT2D eigenvalue weighted by Crippen LogP contribution is -2.44. The summed E-state index contributed by atoms with van der Waals surface area (Å²) in [6, 6.07) is 4.03. The fourth-order valence-electron chi connectivity index (χ4n) is 2.79. The third-order valence-electron chi connectivity index (χ3n) is 3.82. The molecule has 0 unspecified atom stereocenters. The van der Waals surface area contributed by atoms with E-state index in [1.807, 2.05) is 18.2 Å². The molecule has 0 saturated carbocycles. The summed E-state index contributed by atoms with van der Waals surface area (Å²) >= 11 is 0. The minimum Gasteiger partial charge on any atom is -0.493 e. The molecule has 1 aliphatic rings. The maximum Gasteiger partial charge on any atom is 0.203 e. The van der Waals surface area contributed by atoms with E-state index in [0.717, 1.165) is 31.7 Å². The van der Waals surface area contributed by atoms with E-state index in [-0.39, 0.29) is 30.9 Å². The maximum absolute atomic E-state index is 5.59. The SMILES string of the molecule is C=C[C@@H](c1ccc(OC)c(OC)c1OC)N1CCNCC1.Cl.Cl. The quantitative estimate of drug-likeness (QED) is 0.786. The van der Waals surface area contributed by atoms with E-state index in [4.69, 9.17) is 14.2 Å². The Hall–Kier alpha value is -1.14. The molecule has 0 aromatic heterocycles. The highest BCUT2D eigenvalue weighted by Crippen LogP contribution is 2.43. The molecule has 1 heterocycles. The molecule has 1 atom stereocenters. The molecular weight excluding hydrogens is 339 g/mol. The van der Waals surface area contributed by atoms with Crippen molar-refractivity contribution >= 4 is 24.8 Å². The number of benzene rings is 1. The molecule has 0 radical (unpaired) electrons. The van der Waals surface area contributed by atoms with E-state index < -0.39 is 0 Å². The molecule has 5 nitrogen and oxygen atoms in total. The van der Waals surface area contributed by atoms with Crippen LogP contribution in [0.5, 0.6) is 17.2 Å². The highest BCUT2D eigenvalue weighted by molar-refractivity contribution is 5.85. The Kier molecular flexibility index (Phi) is 10.1. The van der Waals surface area contributed by atoms with Gasteiger partial charge in [-0.2, -0.15) is 0 Å². The van der Waals surface area contributed by atoms with E-state index in [0.29, 0.717) is 17.2 Å². The number of nitrogens with one attached hydrogen (secondary N) is 1. The topological polar surface area (TPSA) is 43.0 Å². The van der Waals surface area contributed by atoms with Crippen molar-refractivity contribution in [1.82, 2.24) is 10.2 Å². The summed E-state index contributed by atoms with van der Waals surface area (Å²) in [5, 5.41) is 3.36. The summed E-state index contributed by atoms with van der Waals surface area (Å²) in [6.45, 7) is 7.93. The Morgan fingerprint density at radius 2 is 1.65 bits per heavy atom. The van der Waals surface area contributed by atoms with Crippen molar-refractivity contribution in [2.45, 2.75) is 6.04 Å². The van der Waals surface area contributed by atoms with Gasteiger partial charge in [0.1, 0.15) is 0 Å². The Bertz CT molecular complexity index is 494. The molecule has 0 aliphatic carbocycles. The van der Waals surface area contributed by atoms with Gasteiger partial charge < -0.3 is 19.5 Å². The maximum atomic E-state index is 5.59. The van der Waals surface area contributed by atoms with Crippen molar-refractivity contribution in [1.29, 1.82) is 0 Å². The van der Waals surface area contributed by atoms with Crippen LogP contribution in [-0.2, 0) is 0 Å². The van der Waals surface area contributed by atoms with Crippen LogP contribution in [0.15, 0.2) is 24.8 Å². The van der Waals surface area contributed by atoms with Gasteiger partial charge in [0.05, 0.1) is 27.4 Å². The van der Waals surface area contributed by atoms with Crippen LogP contribution in [0.3, 0.4) is 0 Å². The molecule has 1 N–H and O–H groups in total. The second-order valence-electron chi connectivity index (χ2n) is 4.89. The molecule has 1 aromatic carbocycles. The summed E-state index contributed by atoms with van der Waals surface area (Å²) in [6.07, 6.45) is 1.95. The molecule has 1 fully saturated rings. The fourth-order valence-corrected chi connectivity index (χ4v) is 2.79. The first kappa shape index (κ1) is 21.9. The van der Waals surface area contributed by atoms with Crippen LogP contribution in [-0.4, -0.2) is 52.4 Å². The Labute approximate surface area is 150 Å². The standard InChI is InChI=1S/C16H24N2O3.2ClH/c1-5-13(18-10-8-17-9-11-18)12-6-7-14(19-2)16(21-4)15(12)20-3;;/h5-7,13,17H,1,8-11H2,2-4H3;2*1H/t13-;;/m0../s1. The Morgan fingerprint density at radius 1 is 1.04 bits per heavy atom. The monoisotopic (exact) mass is 364 g/mol. The lowest BCUT2D eigenvalue weighted by atomic mass is 10.0. The molecule has 1 aromatic rings. The molecule has 1 aliphatic heterocycles.